The van der Waals surface area contributed by atoms with Gasteiger partial charge in [0.25, 0.3) is 0 Å². The lowest BCUT2D eigenvalue weighted by atomic mass is 10.0. The molecule has 0 bridgehead atoms. The largest absolute Gasteiger partial charge is 0.425 e. The molecular weight excluding hydrogens is 252 g/mol. The molecule has 1 aliphatic rings. The number of aliphatic hydroxyl groups excluding tert-OH is 1. The molecule has 1 rings (SSSR count). The van der Waals surface area contributed by atoms with Crippen molar-refractivity contribution in [3.8, 4) is 0 Å². The standard InChI is InChI=1S/C17H28O3/c1-3-4-5-6-7-8-9-10-11-12-13-15-16(18)14(2)20-17(15)19/h13,16,18H,2-12H2,1H3/b15-13+/t16-/m0/s1. The average molecular weight is 280 g/mol. The monoisotopic (exact) mass is 280 g/mol. The molecule has 1 saturated heterocycles. The van der Waals surface area contributed by atoms with E-state index in [1.807, 2.05) is 0 Å². The Balaban J connectivity index is 2.02. The molecule has 20 heavy (non-hydrogen) atoms. The molecule has 114 valence electrons. The van der Waals surface area contributed by atoms with Gasteiger partial charge in [0.05, 0.1) is 5.57 Å². The minimum Gasteiger partial charge on any atom is -0.425 e. The average Bonchev–Trinajstić information content (AvgIpc) is 2.67. The molecular formula is C17H28O3. The van der Waals surface area contributed by atoms with Gasteiger partial charge in [-0.25, -0.2) is 4.79 Å². The van der Waals surface area contributed by atoms with E-state index in [0.717, 1.165) is 12.8 Å². The van der Waals surface area contributed by atoms with E-state index in [-0.39, 0.29) is 5.76 Å². The third-order valence-corrected chi connectivity index (χ3v) is 3.73. The summed E-state index contributed by atoms with van der Waals surface area (Å²) >= 11 is 0. The molecule has 1 heterocycles. The minimum absolute atomic E-state index is 0.147. The summed E-state index contributed by atoms with van der Waals surface area (Å²) in [6.45, 7) is 5.74. The van der Waals surface area contributed by atoms with Gasteiger partial charge in [0.2, 0.25) is 0 Å². The van der Waals surface area contributed by atoms with Gasteiger partial charge in [-0.2, -0.15) is 0 Å². The van der Waals surface area contributed by atoms with Gasteiger partial charge in [-0.1, -0.05) is 70.9 Å². The number of hydrogen-bond donors (Lipinski definition) is 1. The van der Waals surface area contributed by atoms with Gasteiger partial charge in [-0.3, -0.25) is 0 Å². The Bertz CT molecular complexity index is 344. The van der Waals surface area contributed by atoms with Gasteiger partial charge in [0, 0.05) is 0 Å². The van der Waals surface area contributed by atoms with Crippen molar-refractivity contribution < 1.29 is 14.6 Å². The van der Waals surface area contributed by atoms with Crippen molar-refractivity contribution in [3.63, 3.8) is 0 Å². The van der Waals surface area contributed by atoms with Crippen LogP contribution in [0.1, 0.15) is 71.1 Å². The maximum Gasteiger partial charge on any atom is 0.341 e. The molecule has 0 radical (unpaired) electrons. The van der Waals surface area contributed by atoms with Crippen molar-refractivity contribution >= 4 is 5.97 Å². The van der Waals surface area contributed by atoms with Crippen molar-refractivity contribution in [1.82, 2.24) is 0 Å². The van der Waals surface area contributed by atoms with E-state index >= 15 is 0 Å². The molecule has 0 aromatic carbocycles. The van der Waals surface area contributed by atoms with Crippen LogP contribution in [0.5, 0.6) is 0 Å². The summed E-state index contributed by atoms with van der Waals surface area (Å²) < 4.78 is 4.78. The van der Waals surface area contributed by atoms with Gasteiger partial charge in [-0.15, -0.1) is 0 Å². The molecule has 1 atom stereocenters. The molecule has 0 aliphatic carbocycles. The van der Waals surface area contributed by atoms with E-state index in [0.29, 0.717) is 5.57 Å². The highest BCUT2D eigenvalue weighted by Crippen LogP contribution is 2.23. The molecule has 0 aromatic heterocycles. The van der Waals surface area contributed by atoms with Crippen molar-refractivity contribution in [2.75, 3.05) is 0 Å². The first-order valence-corrected chi connectivity index (χ1v) is 7.96. The summed E-state index contributed by atoms with van der Waals surface area (Å²) in [7, 11) is 0. The number of unbranched alkanes of at least 4 members (excludes halogenated alkanes) is 9. The lowest BCUT2D eigenvalue weighted by molar-refractivity contribution is -0.132. The first kappa shape index (κ1) is 17.0. The fourth-order valence-corrected chi connectivity index (χ4v) is 2.43. The number of carbonyl (C=O) groups is 1. The maximum atomic E-state index is 11.4. The molecule has 1 fully saturated rings. The van der Waals surface area contributed by atoms with Gasteiger partial charge < -0.3 is 9.84 Å². The first-order chi connectivity index (χ1) is 9.66. The molecule has 1 N–H and O–H groups in total. The smallest absolute Gasteiger partial charge is 0.341 e. The van der Waals surface area contributed by atoms with Crippen LogP contribution in [-0.2, 0) is 9.53 Å². The Hall–Kier alpha value is -1.09. The molecule has 0 aromatic rings. The summed E-state index contributed by atoms with van der Waals surface area (Å²) in [5.74, 6) is -0.299. The predicted octanol–water partition coefficient (Wildman–Crippen LogP) is 4.27. The summed E-state index contributed by atoms with van der Waals surface area (Å²) in [6, 6.07) is 0. The van der Waals surface area contributed by atoms with E-state index < -0.39 is 12.1 Å². The molecule has 3 nitrogen and oxygen atoms in total. The number of cyclic esters (lactones) is 1. The van der Waals surface area contributed by atoms with E-state index in [9.17, 15) is 9.90 Å². The highest BCUT2D eigenvalue weighted by molar-refractivity contribution is 5.93. The molecule has 1 aliphatic heterocycles. The number of carbonyl (C=O) groups excluding carboxylic acids is 1. The second-order valence-corrected chi connectivity index (χ2v) is 5.53. The summed E-state index contributed by atoms with van der Waals surface area (Å²) in [5.41, 5.74) is 0.356. The number of esters is 1. The zero-order valence-corrected chi connectivity index (χ0v) is 12.7. The van der Waals surface area contributed by atoms with E-state index in [1.165, 1.54) is 51.4 Å². The third kappa shape index (κ3) is 5.91. The lowest BCUT2D eigenvalue weighted by Crippen LogP contribution is -2.07. The summed E-state index contributed by atoms with van der Waals surface area (Å²) in [4.78, 5) is 11.4. The molecule has 0 amide bonds. The van der Waals surface area contributed by atoms with Crippen LogP contribution in [0, 0.1) is 0 Å². The van der Waals surface area contributed by atoms with Crippen molar-refractivity contribution in [1.29, 1.82) is 0 Å². The predicted molar refractivity (Wildman–Crippen MR) is 81.2 cm³/mol. The quantitative estimate of drug-likeness (QED) is 0.369. The Morgan fingerprint density at radius 1 is 1.10 bits per heavy atom. The van der Waals surface area contributed by atoms with Gasteiger partial charge in [-0.05, 0) is 12.8 Å². The number of ether oxygens (including phenoxy) is 1. The highest BCUT2D eigenvalue weighted by atomic mass is 16.6. The van der Waals surface area contributed by atoms with Crippen LogP contribution < -0.4 is 0 Å². The topological polar surface area (TPSA) is 46.5 Å². The van der Waals surface area contributed by atoms with Crippen LogP contribution in [-0.4, -0.2) is 17.2 Å². The fraction of sp³-hybridized carbons (Fsp3) is 0.706. The molecule has 0 unspecified atom stereocenters. The van der Waals surface area contributed by atoms with Crippen LogP contribution in [0.2, 0.25) is 0 Å². The second kappa shape index (κ2) is 9.76. The lowest BCUT2D eigenvalue weighted by Gasteiger charge is -2.01. The first-order valence-electron chi connectivity index (χ1n) is 7.96. The van der Waals surface area contributed by atoms with Crippen LogP contribution in [0.3, 0.4) is 0 Å². The van der Waals surface area contributed by atoms with Gasteiger partial charge in [0.15, 0.2) is 0 Å². The van der Waals surface area contributed by atoms with Crippen LogP contribution in [0.25, 0.3) is 0 Å². The highest BCUT2D eigenvalue weighted by Gasteiger charge is 2.32. The Morgan fingerprint density at radius 2 is 1.65 bits per heavy atom. The number of aliphatic hydroxyl groups is 1. The third-order valence-electron chi connectivity index (χ3n) is 3.73. The zero-order valence-electron chi connectivity index (χ0n) is 12.7. The number of hydrogen-bond acceptors (Lipinski definition) is 3. The van der Waals surface area contributed by atoms with E-state index in [1.54, 1.807) is 6.08 Å². The minimum atomic E-state index is -0.930. The van der Waals surface area contributed by atoms with Crippen LogP contribution >= 0.6 is 0 Å². The number of allylic oxidation sites excluding steroid dienone is 1. The SMILES string of the molecule is C=C1OC(=O)/C(=C/CCCCCCCCCCC)[C@H]1O. The summed E-state index contributed by atoms with van der Waals surface area (Å²) in [5, 5.41) is 9.66. The molecule has 0 saturated carbocycles. The Labute approximate surface area is 122 Å². The second-order valence-electron chi connectivity index (χ2n) is 5.53. The van der Waals surface area contributed by atoms with Gasteiger partial charge in [0.1, 0.15) is 11.9 Å². The molecule has 0 spiro atoms. The Kier molecular flexibility index (Phi) is 8.28. The summed E-state index contributed by atoms with van der Waals surface area (Å²) in [6.07, 6.45) is 13.2. The van der Waals surface area contributed by atoms with E-state index in [2.05, 4.69) is 13.5 Å². The van der Waals surface area contributed by atoms with Crippen LogP contribution in [0.15, 0.2) is 24.0 Å². The molecule has 3 heteroatoms. The normalized spacial score (nSPS) is 20.7. The van der Waals surface area contributed by atoms with Crippen LogP contribution in [0.4, 0.5) is 0 Å². The maximum absolute atomic E-state index is 11.4. The van der Waals surface area contributed by atoms with Gasteiger partial charge >= 0.3 is 5.97 Å². The van der Waals surface area contributed by atoms with Crippen molar-refractivity contribution in [2.45, 2.75) is 77.2 Å². The van der Waals surface area contributed by atoms with E-state index in [4.69, 9.17) is 4.74 Å². The number of rotatable bonds is 10. The fourth-order valence-electron chi connectivity index (χ4n) is 2.43. The zero-order chi connectivity index (χ0) is 14.8. The van der Waals surface area contributed by atoms with Crippen molar-refractivity contribution in [2.24, 2.45) is 0 Å². The van der Waals surface area contributed by atoms with Crippen molar-refractivity contribution in [3.05, 3.63) is 24.0 Å². The Morgan fingerprint density at radius 3 is 2.15 bits per heavy atom.